The molecule has 0 spiro atoms. The summed E-state index contributed by atoms with van der Waals surface area (Å²) in [4.78, 5) is 15.5. The highest BCUT2D eigenvalue weighted by Crippen LogP contribution is 2.27. The lowest BCUT2D eigenvalue weighted by molar-refractivity contribution is 0.101. The van der Waals surface area contributed by atoms with Crippen LogP contribution in [0.5, 0.6) is 0 Å². The summed E-state index contributed by atoms with van der Waals surface area (Å²) in [5.74, 6) is -0.685. The number of halogens is 3. The fourth-order valence-electron chi connectivity index (χ4n) is 1.28. The Labute approximate surface area is 115 Å². The predicted molar refractivity (Wildman–Crippen MR) is 70.3 cm³/mol. The van der Waals surface area contributed by atoms with Crippen LogP contribution in [-0.4, -0.2) is 16.6 Å². The van der Waals surface area contributed by atoms with E-state index in [1.54, 1.807) is 11.4 Å². The quantitative estimate of drug-likeness (QED) is 0.624. The highest BCUT2D eigenvalue weighted by molar-refractivity contribution is 9.10. The number of aromatic nitrogens is 1. The van der Waals surface area contributed by atoms with Crippen LogP contribution in [0.1, 0.15) is 10.5 Å². The number of nitrogens with zero attached hydrogens (tertiary/aromatic N) is 1. The molecule has 2 nitrogen and oxygen atoms in total. The van der Waals surface area contributed by atoms with Gasteiger partial charge in [0.25, 0.3) is 0 Å². The van der Waals surface area contributed by atoms with E-state index in [0.717, 1.165) is 0 Å². The third-order valence-electron chi connectivity index (χ3n) is 2.02. The molecular weight excluding hydrogens is 329 g/mol. The molecule has 2 aromatic rings. The minimum absolute atomic E-state index is 0.101. The summed E-state index contributed by atoms with van der Waals surface area (Å²) >= 11 is 9.93. The third-order valence-corrected chi connectivity index (χ3v) is 3.61. The van der Waals surface area contributed by atoms with Crippen molar-refractivity contribution < 1.29 is 9.18 Å². The van der Waals surface area contributed by atoms with Crippen LogP contribution in [0.2, 0.25) is 0 Å². The third kappa shape index (κ3) is 2.91. The van der Waals surface area contributed by atoms with Gasteiger partial charge in [0.05, 0.1) is 5.88 Å². The fourth-order valence-corrected chi connectivity index (χ4v) is 2.69. The zero-order valence-electron chi connectivity index (χ0n) is 8.41. The molecule has 88 valence electrons. The topological polar surface area (TPSA) is 30.0 Å². The van der Waals surface area contributed by atoms with Gasteiger partial charge in [0, 0.05) is 15.4 Å². The van der Waals surface area contributed by atoms with E-state index < -0.39 is 0 Å². The number of carbonyl (C=O) groups excluding carboxylic acids is 1. The zero-order valence-corrected chi connectivity index (χ0v) is 11.6. The van der Waals surface area contributed by atoms with Gasteiger partial charge in [-0.15, -0.1) is 22.9 Å². The van der Waals surface area contributed by atoms with Crippen molar-refractivity contribution in [3.63, 3.8) is 0 Å². The number of benzene rings is 1. The molecule has 2 rings (SSSR count). The molecule has 0 fully saturated rings. The van der Waals surface area contributed by atoms with Gasteiger partial charge in [-0.25, -0.2) is 9.37 Å². The highest BCUT2D eigenvalue weighted by Gasteiger charge is 2.11. The maximum atomic E-state index is 13.2. The molecule has 0 amide bonds. The summed E-state index contributed by atoms with van der Waals surface area (Å²) in [6.45, 7) is 0. The molecule has 1 heterocycles. The lowest BCUT2D eigenvalue weighted by Gasteiger charge is -1.98. The van der Waals surface area contributed by atoms with Crippen molar-refractivity contribution >= 4 is 44.7 Å². The fraction of sp³-hybridized carbons (Fsp3) is 0.0909. The van der Waals surface area contributed by atoms with Crippen molar-refractivity contribution in [1.82, 2.24) is 4.98 Å². The van der Waals surface area contributed by atoms with Crippen molar-refractivity contribution in [2.24, 2.45) is 0 Å². The zero-order chi connectivity index (χ0) is 12.4. The first-order chi connectivity index (χ1) is 8.10. The molecule has 0 aliphatic heterocycles. The van der Waals surface area contributed by atoms with Crippen LogP contribution in [-0.2, 0) is 0 Å². The largest absolute Gasteiger partial charge is 0.291 e. The SMILES string of the molecule is O=C(CCl)c1csc(-c2cc(F)cc(Br)c2)n1. The molecule has 0 bridgehead atoms. The predicted octanol–water partition coefficient (Wildman–Crippen LogP) is 4.13. The van der Waals surface area contributed by atoms with Crippen LogP contribution in [0.4, 0.5) is 4.39 Å². The van der Waals surface area contributed by atoms with E-state index in [9.17, 15) is 9.18 Å². The molecule has 0 atom stereocenters. The Hall–Kier alpha value is -0.780. The Bertz CT molecular complexity index is 552. The first kappa shape index (κ1) is 12.7. The monoisotopic (exact) mass is 333 g/mol. The first-order valence-corrected chi connectivity index (χ1v) is 6.82. The van der Waals surface area contributed by atoms with Crippen LogP contribution >= 0.6 is 38.9 Å². The number of hydrogen-bond acceptors (Lipinski definition) is 3. The number of rotatable bonds is 3. The Morgan fingerprint density at radius 3 is 2.88 bits per heavy atom. The van der Waals surface area contributed by atoms with E-state index >= 15 is 0 Å². The van der Waals surface area contributed by atoms with Gasteiger partial charge in [-0.1, -0.05) is 15.9 Å². The highest BCUT2D eigenvalue weighted by atomic mass is 79.9. The molecule has 0 radical (unpaired) electrons. The summed E-state index contributed by atoms with van der Waals surface area (Å²) in [6, 6.07) is 4.48. The number of alkyl halides is 1. The molecule has 0 saturated heterocycles. The van der Waals surface area contributed by atoms with Crippen molar-refractivity contribution in [3.05, 3.63) is 39.6 Å². The van der Waals surface area contributed by atoms with Gasteiger partial charge in [0.2, 0.25) is 0 Å². The Morgan fingerprint density at radius 2 is 2.24 bits per heavy atom. The summed E-state index contributed by atoms with van der Waals surface area (Å²) in [7, 11) is 0. The Morgan fingerprint density at radius 1 is 1.47 bits per heavy atom. The number of Topliss-reactive ketones (excluding diaryl/α,β-unsaturated/α-hetero) is 1. The summed E-state index contributed by atoms with van der Waals surface area (Å²) in [5, 5.41) is 2.22. The van der Waals surface area contributed by atoms with Crippen LogP contribution in [0.3, 0.4) is 0 Å². The number of ketones is 1. The van der Waals surface area contributed by atoms with Crippen LogP contribution < -0.4 is 0 Å². The van der Waals surface area contributed by atoms with Gasteiger partial charge < -0.3 is 0 Å². The van der Waals surface area contributed by atoms with E-state index in [-0.39, 0.29) is 17.5 Å². The number of hydrogen-bond donors (Lipinski definition) is 0. The maximum absolute atomic E-state index is 13.2. The van der Waals surface area contributed by atoms with Crippen molar-refractivity contribution in [1.29, 1.82) is 0 Å². The summed E-state index contributed by atoms with van der Waals surface area (Å²) in [5.41, 5.74) is 0.955. The van der Waals surface area contributed by atoms with E-state index in [1.165, 1.54) is 23.5 Å². The van der Waals surface area contributed by atoms with Crippen LogP contribution in [0.15, 0.2) is 28.1 Å². The Balaban J connectivity index is 2.40. The van der Waals surface area contributed by atoms with Gasteiger partial charge in [0.15, 0.2) is 5.78 Å². The molecule has 0 saturated carbocycles. The molecule has 0 N–H and O–H groups in total. The van der Waals surface area contributed by atoms with Crippen LogP contribution in [0.25, 0.3) is 10.6 Å². The van der Waals surface area contributed by atoms with Crippen molar-refractivity contribution in [2.75, 3.05) is 5.88 Å². The average Bonchev–Trinajstić information content (AvgIpc) is 2.76. The molecule has 17 heavy (non-hydrogen) atoms. The normalized spacial score (nSPS) is 10.5. The van der Waals surface area contributed by atoms with Gasteiger partial charge in [-0.05, 0) is 18.2 Å². The smallest absolute Gasteiger partial charge is 0.196 e. The average molecular weight is 335 g/mol. The lowest BCUT2D eigenvalue weighted by atomic mass is 10.2. The molecule has 0 unspecified atom stereocenters. The minimum Gasteiger partial charge on any atom is -0.291 e. The molecular formula is C11H6BrClFNOS. The van der Waals surface area contributed by atoms with Gasteiger partial charge >= 0.3 is 0 Å². The minimum atomic E-state index is -0.352. The summed E-state index contributed by atoms with van der Waals surface area (Å²) in [6.07, 6.45) is 0. The van der Waals surface area contributed by atoms with Gasteiger partial charge in [-0.3, -0.25) is 4.79 Å². The maximum Gasteiger partial charge on any atom is 0.196 e. The second-order valence-electron chi connectivity index (χ2n) is 3.25. The van der Waals surface area contributed by atoms with E-state index in [1.807, 2.05) is 0 Å². The van der Waals surface area contributed by atoms with Crippen LogP contribution in [0, 0.1) is 5.82 Å². The summed E-state index contributed by atoms with van der Waals surface area (Å²) < 4.78 is 13.8. The van der Waals surface area contributed by atoms with Gasteiger partial charge in [0.1, 0.15) is 16.5 Å². The van der Waals surface area contributed by atoms with Gasteiger partial charge in [-0.2, -0.15) is 0 Å². The first-order valence-electron chi connectivity index (χ1n) is 4.61. The standard InChI is InChI=1S/C11H6BrClFNOS/c12-7-1-6(2-8(14)3-7)11-15-9(5-17-11)10(16)4-13/h1-3,5H,4H2. The molecule has 1 aromatic carbocycles. The number of carbonyl (C=O) groups is 1. The molecule has 1 aromatic heterocycles. The Kier molecular flexibility index (Phi) is 3.91. The van der Waals surface area contributed by atoms with Crippen molar-refractivity contribution in [3.8, 4) is 10.6 Å². The lowest BCUT2D eigenvalue weighted by Crippen LogP contribution is -2.00. The molecule has 0 aliphatic rings. The van der Waals surface area contributed by atoms with E-state index in [0.29, 0.717) is 20.7 Å². The molecule has 6 heteroatoms. The van der Waals surface area contributed by atoms with Crippen molar-refractivity contribution in [2.45, 2.75) is 0 Å². The second kappa shape index (κ2) is 5.25. The van der Waals surface area contributed by atoms with E-state index in [2.05, 4.69) is 20.9 Å². The number of thiazole rings is 1. The second-order valence-corrected chi connectivity index (χ2v) is 5.29. The van der Waals surface area contributed by atoms with E-state index in [4.69, 9.17) is 11.6 Å². The molecule has 0 aliphatic carbocycles.